The molecule has 4 fully saturated rings. The molecule has 1 heterocycles. The Morgan fingerprint density at radius 3 is 2.36 bits per heavy atom. The fraction of sp³-hybridized carbons (Fsp3) is 0.644. The van der Waals surface area contributed by atoms with Crippen molar-refractivity contribution in [2.75, 3.05) is 33.9 Å². The predicted octanol–water partition coefficient (Wildman–Crippen LogP) is 4.70. The first kappa shape index (κ1) is 45.2. The number of Topliss-reactive ketones (excluding diaryl/α,β-unsaturated/α-hetero) is 1. The number of nitrogens with zero attached hydrogens (tertiary/aromatic N) is 1. The van der Waals surface area contributed by atoms with Crippen LogP contribution in [0.5, 0.6) is 0 Å². The number of ketones is 2. The third-order valence-electron chi connectivity index (χ3n) is 12.9. The Morgan fingerprint density at radius 1 is 1.07 bits per heavy atom. The highest BCUT2D eigenvalue weighted by Gasteiger charge is 2.59. The number of carbonyl (C=O) groups is 4. The number of aliphatic hydroxyl groups excluding tert-OH is 1. The van der Waals surface area contributed by atoms with Gasteiger partial charge in [-0.25, -0.2) is 4.79 Å². The monoisotopic (exact) mass is 806 g/mol. The second-order valence-corrected chi connectivity index (χ2v) is 18.0. The van der Waals surface area contributed by atoms with Gasteiger partial charge >= 0.3 is 6.09 Å². The molecule has 0 saturated heterocycles. The summed E-state index contributed by atoms with van der Waals surface area (Å²) in [7, 11) is 2.96. The number of methoxy groups -OCH3 is 2. The van der Waals surface area contributed by atoms with Crippen LogP contribution in [0.15, 0.2) is 70.1 Å². The molecule has 6 bridgehead atoms. The number of primary amides is 1. The summed E-state index contributed by atoms with van der Waals surface area (Å²) in [5.74, 6) is -1.13. The zero-order valence-electron chi connectivity index (χ0n) is 35.6. The maximum absolute atomic E-state index is 14.3. The third-order valence-corrected chi connectivity index (χ3v) is 12.9. The molecule has 6 rings (SSSR count). The molecule has 0 aromatic carbocycles. The fourth-order valence-electron chi connectivity index (χ4n) is 10.4. The lowest BCUT2D eigenvalue weighted by Gasteiger charge is -2.63. The van der Waals surface area contributed by atoms with Gasteiger partial charge in [0.2, 0.25) is 11.6 Å². The Kier molecular flexibility index (Phi) is 14.8. The van der Waals surface area contributed by atoms with E-state index in [1.54, 1.807) is 32.1 Å². The molecule has 13 heteroatoms. The minimum absolute atomic E-state index is 0.120. The molecule has 0 aromatic rings. The number of nitrogens with one attached hydrogen (secondary N) is 2. The average Bonchev–Trinajstić information content (AvgIpc) is 3.13. The number of hydrogen-bond donors (Lipinski definition) is 5. The molecule has 1 aliphatic heterocycles. The molecule has 0 radical (unpaired) electrons. The van der Waals surface area contributed by atoms with Crippen LogP contribution >= 0.6 is 0 Å². The van der Waals surface area contributed by atoms with Crippen LogP contribution in [0.1, 0.15) is 92.9 Å². The third kappa shape index (κ3) is 10.6. The standard InChI is InChI=1S/C45H66N4O9/c1-26(2)12-14-49(44-21-31-19-32(22-44)24-45(55,23-31)25-44)15-13-47-38-33-16-27(3)17-37(57-8)39(51)29(5)18-30(6)41(58-43(46)54)36(56-7)11-9-10-28(4)42(53)48-34(40(33)52)20-35(38)50/h9-12,18,20,27,29,31-32,36-37,39,41,47,51,55H,13-17,19,21-25H2,1-8H3,(H2,46,54)(H,48,53)/b11-9-,28-10+,30-18+/t27-,29+,31?,32?,36+,37+,39-,41+,44?,45?/m1/s1. The highest BCUT2D eigenvalue weighted by molar-refractivity contribution is 6.23. The first-order valence-corrected chi connectivity index (χ1v) is 20.8. The van der Waals surface area contributed by atoms with Gasteiger partial charge in [0.05, 0.1) is 29.2 Å². The molecule has 6 aliphatic rings. The number of ether oxygens (including phenoxy) is 3. The van der Waals surface area contributed by atoms with E-state index in [4.69, 9.17) is 19.9 Å². The topological polar surface area (TPSA) is 190 Å². The zero-order chi connectivity index (χ0) is 42.5. The lowest BCUT2D eigenvalue weighted by atomic mass is 9.50. The largest absolute Gasteiger partial charge is 0.439 e. The van der Waals surface area contributed by atoms with Crippen molar-refractivity contribution >= 4 is 23.6 Å². The van der Waals surface area contributed by atoms with E-state index in [2.05, 4.69) is 35.5 Å². The molecule has 6 N–H and O–H groups in total. The first-order valence-electron chi connectivity index (χ1n) is 20.8. The molecule has 13 nitrogen and oxygen atoms in total. The SMILES string of the molecule is CO[C@H]1/C=C\C=C(/C)C(=O)NC2=CC(=O)C(NCCN(CC=C(C)C)C34CC5CC(CC(O)(C5)C3)C4)=C(C[C@@H](C)C[C@H](OC)[C@H](O)[C@@H](C)/C=C(\C)[C@@H]1OC(N)=O)C2=O. The van der Waals surface area contributed by atoms with E-state index >= 15 is 0 Å². The van der Waals surface area contributed by atoms with Crippen LogP contribution < -0.4 is 16.4 Å². The molecule has 2 amide bonds. The molecule has 58 heavy (non-hydrogen) atoms. The zero-order valence-corrected chi connectivity index (χ0v) is 35.6. The lowest BCUT2D eigenvalue weighted by Crippen LogP contribution is -2.66. The van der Waals surface area contributed by atoms with Crippen molar-refractivity contribution in [1.29, 1.82) is 0 Å². The van der Waals surface area contributed by atoms with Crippen LogP contribution in [0.4, 0.5) is 4.79 Å². The van der Waals surface area contributed by atoms with Gasteiger partial charge in [0, 0.05) is 62.5 Å². The molecule has 0 aromatic heterocycles. The van der Waals surface area contributed by atoms with Gasteiger partial charge in [0.25, 0.3) is 5.91 Å². The van der Waals surface area contributed by atoms with Crippen LogP contribution in [0.3, 0.4) is 0 Å². The number of allylic oxidation sites excluding steroid dienone is 5. The summed E-state index contributed by atoms with van der Waals surface area (Å²) < 4.78 is 16.9. The normalized spacial score (nSPS) is 37.0. The summed E-state index contributed by atoms with van der Waals surface area (Å²) in [6, 6.07) is 0. The van der Waals surface area contributed by atoms with E-state index in [0.717, 1.165) is 38.6 Å². The molecular formula is C45H66N4O9. The van der Waals surface area contributed by atoms with Gasteiger partial charge in [-0.05, 0) is 102 Å². The van der Waals surface area contributed by atoms with Gasteiger partial charge in [0.15, 0.2) is 6.10 Å². The first-order chi connectivity index (χ1) is 27.4. The highest BCUT2D eigenvalue weighted by Crippen LogP contribution is 2.59. The number of hydrogen-bond acceptors (Lipinski definition) is 11. The van der Waals surface area contributed by atoms with E-state index in [1.165, 1.54) is 38.4 Å². The minimum Gasteiger partial charge on any atom is -0.439 e. The Labute approximate surface area is 343 Å². The Hall–Kier alpha value is -3.88. The predicted molar refractivity (Wildman–Crippen MR) is 221 cm³/mol. The lowest BCUT2D eigenvalue weighted by molar-refractivity contribution is -0.173. The van der Waals surface area contributed by atoms with E-state index in [9.17, 15) is 29.4 Å². The molecule has 320 valence electrons. The van der Waals surface area contributed by atoms with Crippen molar-refractivity contribution in [3.8, 4) is 0 Å². The molecule has 4 saturated carbocycles. The van der Waals surface area contributed by atoms with Gasteiger partial charge in [-0.15, -0.1) is 0 Å². The van der Waals surface area contributed by atoms with E-state index < -0.39 is 59.5 Å². The Bertz CT molecular complexity index is 1760. The maximum atomic E-state index is 14.3. The van der Waals surface area contributed by atoms with Crippen molar-refractivity contribution in [2.45, 2.75) is 128 Å². The Balaban J connectivity index is 1.45. The minimum atomic E-state index is -1.00. The van der Waals surface area contributed by atoms with Crippen molar-refractivity contribution in [3.63, 3.8) is 0 Å². The van der Waals surface area contributed by atoms with E-state index in [-0.39, 0.29) is 40.4 Å². The fourth-order valence-corrected chi connectivity index (χ4v) is 10.4. The van der Waals surface area contributed by atoms with Gasteiger partial charge in [-0.1, -0.05) is 49.8 Å². The number of nitrogens with two attached hydrogens (primary N) is 1. The van der Waals surface area contributed by atoms with Crippen LogP contribution in [-0.4, -0.2) is 108 Å². The van der Waals surface area contributed by atoms with E-state index in [0.29, 0.717) is 36.9 Å². The van der Waals surface area contributed by atoms with Crippen molar-refractivity contribution in [2.24, 2.45) is 29.4 Å². The Morgan fingerprint density at radius 2 is 1.76 bits per heavy atom. The summed E-state index contributed by atoms with van der Waals surface area (Å²) in [6.07, 6.45) is 11.8. The maximum Gasteiger partial charge on any atom is 0.405 e. The molecule has 2 unspecified atom stereocenters. The van der Waals surface area contributed by atoms with E-state index in [1.807, 2.05) is 13.8 Å². The van der Waals surface area contributed by atoms with Crippen LogP contribution in [0.25, 0.3) is 0 Å². The van der Waals surface area contributed by atoms with Crippen molar-refractivity contribution in [3.05, 3.63) is 70.1 Å². The smallest absolute Gasteiger partial charge is 0.405 e. The number of carbonyl (C=O) groups excluding carboxylic acids is 4. The highest BCUT2D eigenvalue weighted by atomic mass is 16.6. The number of fused-ring (bicyclic) bond motifs is 2. The van der Waals surface area contributed by atoms with Gasteiger partial charge in [-0.3, -0.25) is 19.3 Å². The molecule has 0 spiro atoms. The second kappa shape index (κ2) is 19.0. The van der Waals surface area contributed by atoms with Crippen LogP contribution in [0.2, 0.25) is 0 Å². The second-order valence-electron chi connectivity index (χ2n) is 18.0. The summed E-state index contributed by atoms with van der Waals surface area (Å²) in [6.45, 7) is 13.0. The average molecular weight is 807 g/mol. The summed E-state index contributed by atoms with van der Waals surface area (Å²) in [4.78, 5) is 56.1. The summed E-state index contributed by atoms with van der Waals surface area (Å²) in [5, 5.41) is 29.1. The van der Waals surface area contributed by atoms with Gasteiger partial charge in [-0.2, -0.15) is 0 Å². The van der Waals surface area contributed by atoms with Gasteiger partial charge < -0.3 is 40.8 Å². The number of amides is 2. The van der Waals surface area contributed by atoms with Gasteiger partial charge in [0.1, 0.15) is 6.10 Å². The van der Waals surface area contributed by atoms with Crippen LogP contribution in [-0.2, 0) is 28.6 Å². The van der Waals surface area contributed by atoms with Crippen LogP contribution in [0, 0.1) is 23.7 Å². The molecule has 5 aliphatic carbocycles. The van der Waals surface area contributed by atoms with Crippen molar-refractivity contribution in [1.82, 2.24) is 15.5 Å². The summed E-state index contributed by atoms with van der Waals surface area (Å²) >= 11 is 0. The quantitative estimate of drug-likeness (QED) is 0.152. The van der Waals surface area contributed by atoms with Crippen molar-refractivity contribution < 1.29 is 43.6 Å². The molecule has 8 atom stereocenters. The molecular weight excluding hydrogens is 741 g/mol. The number of rotatable bonds is 10. The summed E-state index contributed by atoms with van der Waals surface area (Å²) in [5.41, 5.74) is 7.07. The number of aliphatic hydroxyl groups is 2.